The van der Waals surface area contributed by atoms with Crippen LogP contribution >= 0.6 is 15.9 Å². The third-order valence-electron chi connectivity index (χ3n) is 2.07. The van der Waals surface area contributed by atoms with Gasteiger partial charge in [0.25, 0.3) is 0 Å². The summed E-state index contributed by atoms with van der Waals surface area (Å²) >= 11 is 3.09. The molecule has 0 aliphatic heterocycles. The first-order valence-corrected chi connectivity index (χ1v) is 7.41. The van der Waals surface area contributed by atoms with Crippen LogP contribution in [-0.2, 0) is 14.6 Å². The van der Waals surface area contributed by atoms with E-state index in [2.05, 4.69) is 15.9 Å². The number of carbonyl (C=O) groups is 1. The number of nitrogens with one attached hydrogen (secondary N) is 1. The fraction of sp³-hybridized carbons (Fsp3) is 0.300. The Morgan fingerprint density at radius 1 is 1.32 bits per heavy atom. The van der Waals surface area contributed by atoms with Crippen molar-refractivity contribution in [3.05, 3.63) is 28.7 Å². The van der Waals surface area contributed by atoms with Crippen molar-refractivity contribution in [3.63, 3.8) is 0 Å². The Balaban J connectivity index is 2.65. The lowest BCUT2D eigenvalue weighted by Crippen LogP contribution is -2.39. The number of amides is 1. The third kappa shape index (κ3) is 4.83. The zero-order chi connectivity index (χ0) is 14.7. The number of hydrogen-bond acceptors (Lipinski definition) is 3. The van der Waals surface area contributed by atoms with E-state index in [1.165, 1.54) is 23.5 Å². The van der Waals surface area contributed by atoms with Gasteiger partial charge in [0.05, 0.1) is 10.6 Å². The number of sulfone groups is 1. The fourth-order valence-electron chi connectivity index (χ4n) is 1.18. The lowest BCUT2D eigenvalue weighted by molar-refractivity contribution is -0.173. The summed E-state index contributed by atoms with van der Waals surface area (Å²) in [4.78, 5) is 10.5. The van der Waals surface area contributed by atoms with Gasteiger partial charge in [-0.1, -0.05) is 22.0 Å². The van der Waals surface area contributed by atoms with Gasteiger partial charge in [-0.05, 0) is 18.2 Å². The topological polar surface area (TPSA) is 63.2 Å². The molecule has 0 unspecified atom stereocenters. The Bertz CT molecular complexity index is 572. The van der Waals surface area contributed by atoms with E-state index in [0.717, 1.165) is 0 Å². The summed E-state index contributed by atoms with van der Waals surface area (Å²) in [6.45, 7) is -0.604. The van der Waals surface area contributed by atoms with Gasteiger partial charge >= 0.3 is 12.1 Å². The van der Waals surface area contributed by atoms with E-state index in [1.54, 1.807) is 6.07 Å². The first-order valence-electron chi connectivity index (χ1n) is 4.96. The van der Waals surface area contributed by atoms with E-state index >= 15 is 0 Å². The molecule has 0 aliphatic rings. The van der Waals surface area contributed by atoms with Crippen LogP contribution in [0.1, 0.15) is 0 Å². The van der Waals surface area contributed by atoms with E-state index in [-0.39, 0.29) is 4.90 Å². The van der Waals surface area contributed by atoms with Gasteiger partial charge in [0, 0.05) is 11.0 Å². The Hall–Kier alpha value is -1.09. The van der Waals surface area contributed by atoms with Crippen molar-refractivity contribution in [3.8, 4) is 0 Å². The van der Waals surface area contributed by atoms with Crippen molar-refractivity contribution >= 4 is 31.7 Å². The summed E-state index contributed by atoms with van der Waals surface area (Å²) < 4.78 is 59.7. The minimum Gasteiger partial charge on any atom is -0.347 e. The monoisotopic (exact) mass is 359 g/mol. The summed E-state index contributed by atoms with van der Waals surface area (Å²) in [5.74, 6) is -2.76. The van der Waals surface area contributed by atoms with Gasteiger partial charge in [0.1, 0.15) is 0 Å². The van der Waals surface area contributed by atoms with E-state index in [9.17, 15) is 26.4 Å². The molecule has 0 atom stereocenters. The van der Waals surface area contributed by atoms with Crippen molar-refractivity contribution < 1.29 is 26.4 Å². The molecule has 0 aromatic heterocycles. The third-order valence-corrected chi connectivity index (χ3v) is 4.28. The van der Waals surface area contributed by atoms with Gasteiger partial charge in [0.15, 0.2) is 9.84 Å². The number of benzene rings is 1. The summed E-state index contributed by atoms with van der Waals surface area (Å²) in [6, 6.07) is 5.77. The molecule has 0 saturated carbocycles. The second-order valence-corrected chi connectivity index (χ2v) is 6.55. The number of halogens is 4. The maximum atomic E-state index is 11.9. The Kier molecular flexibility index (Phi) is 4.97. The van der Waals surface area contributed by atoms with Crippen LogP contribution in [0.15, 0.2) is 33.6 Å². The van der Waals surface area contributed by atoms with Crippen LogP contribution in [0, 0.1) is 0 Å². The fourth-order valence-corrected chi connectivity index (χ4v) is 2.93. The predicted octanol–water partition coefficient (Wildman–Crippen LogP) is 1.90. The molecule has 0 saturated heterocycles. The van der Waals surface area contributed by atoms with Crippen LogP contribution in [0.5, 0.6) is 0 Å². The summed E-state index contributed by atoms with van der Waals surface area (Å²) in [5, 5.41) is 1.51. The first kappa shape index (κ1) is 16.0. The molecular weight excluding hydrogens is 351 g/mol. The molecule has 0 radical (unpaired) electrons. The molecule has 1 amide bonds. The smallest absolute Gasteiger partial charge is 0.347 e. The molecule has 1 N–H and O–H groups in total. The Morgan fingerprint density at radius 2 is 1.95 bits per heavy atom. The average Bonchev–Trinajstić information content (AvgIpc) is 2.27. The van der Waals surface area contributed by atoms with Crippen LogP contribution in [0.25, 0.3) is 0 Å². The normalized spacial score (nSPS) is 12.2. The minimum absolute atomic E-state index is 0.0249. The van der Waals surface area contributed by atoms with Gasteiger partial charge in [-0.15, -0.1) is 0 Å². The van der Waals surface area contributed by atoms with Crippen molar-refractivity contribution in [1.82, 2.24) is 5.32 Å². The van der Waals surface area contributed by atoms with Crippen molar-refractivity contribution in [2.24, 2.45) is 0 Å². The zero-order valence-electron chi connectivity index (χ0n) is 9.37. The highest BCUT2D eigenvalue weighted by Crippen LogP contribution is 2.17. The second-order valence-electron chi connectivity index (χ2n) is 3.53. The molecule has 4 nitrogen and oxygen atoms in total. The Morgan fingerprint density at radius 3 is 2.47 bits per heavy atom. The zero-order valence-corrected chi connectivity index (χ0v) is 11.8. The van der Waals surface area contributed by atoms with Crippen LogP contribution in [0.3, 0.4) is 0 Å². The minimum atomic E-state index is -5.01. The molecule has 0 fully saturated rings. The lowest BCUT2D eigenvalue weighted by Gasteiger charge is -2.08. The number of alkyl halides is 3. The van der Waals surface area contributed by atoms with E-state index in [0.29, 0.717) is 4.47 Å². The van der Waals surface area contributed by atoms with Crippen molar-refractivity contribution in [1.29, 1.82) is 0 Å². The highest BCUT2D eigenvalue weighted by atomic mass is 79.9. The highest BCUT2D eigenvalue weighted by molar-refractivity contribution is 9.10. The molecule has 1 rings (SSSR count). The van der Waals surface area contributed by atoms with Gasteiger partial charge in [0.2, 0.25) is 0 Å². The van der Waals surface area contributed by atoms with Gasteiger partial charge in [-0.2, -0.15) is 13.2 Å². The molecule has 0 heterocycles. The van der Waals surface area contributed by atoms with Crippen LogP contribution in [-0.4, -0.2) is 32.8 Å². The molecule has 1 aromatic rings. The van der Waals surface area contributed by atoms with Crippen LogP contribution in [0.4, 0.5) is 13.2 Å². The maximum absolute atomic E-state index is 11.9. The van der Waals surface area contributed by atoms with E-state index in [4.69, 9.17) is 0 Å². The summed E-state index contributed by atoms with van der Waals surface area (Å²) in [5.41, 5.74) is 0. The lowest BCUT2D eigenvalue weighted by atomic mass is 10.4. The number of rotatable bonds is 4. The van der Waals surface area contributed by atoms with Gasteiger partial charge in [-0.25, -0.2) is 8.42 Å². The molecule has 0 spiro atoms. The standard InChI is InChI=1S/C10H9BrF3NO3S/c11-7-2-1-3-8(6-7)19(17,18)5-4-15-9(16)10(12,13)14/h1-3,6H,4-5H2,(H,15,16). The molecule has 106 valence electrons. The molecular formula is C10H9BrF3NO3S. The number of carbonyl (C=O) groups excluding carboxylic acids is 1. The van der Waals surface area contributed by atoms with Crippen LogP contribution in [0.2, 0.25) is 0 Å². The molecule has 0 bridgehead atoms. The second kappa shape index (κ2) is 5.91. The SMILES string of the molecule is O=C(NCCS(=O)(=O)c1cccc(Br)c1)C(F)(F)F. The van der Waals surface area contributed by atoms with Gasteiger partial charge in [-0.3, -0.25) is 4.79 Å². The maximum Gasteiger partial charge on any atom is 0.471 e. The Labute approximate surface area is 116 Å². The molecule has 9 heteroatoms. The van der Waals surface area contributed by atoms with Gasteiger partial charge < -0.3 is 5.32 Å². The van der Waals surface area contributed by atoms with Crippen molar-refractivity contribution in [2.75, 3.05) is 12.3 Å². The van der Waals surface area contributed by atoms with Crippen molar-refractivity contribution in [2.45, 2.75) is 11.1 Å². The van der Waals surface area contributed by atoms with E-state index in [1.807, 2.05) is 0 Å². The molecule has 1 aromatic carbocycles. The number of hydrogen-bond donors (Lipinski definition) is 1. The van der Waals surface area contributed by atoms with E-state index < -0.39 is 34.2 Å². The first-order chi connectivity index (χ1) is 8.63. The average molecular weight is 360 g/mol. The highest BCUT2D eigenvalue weighted by Gasteiger charge is 2.38. The van der Waals surface area contributed by atoms with Crippen LogP contribution < -0.4 is 5.32 Å². The summed E-state index contributed by atoms with van der Waals surface area (Å²) in [6.07, 6.45) is -5.01. The predicted molar refractivity (Wildman–Crippen MR) is 65.3 cm³/mol. The molecule has 0 aliphatic carbocycles. The quantitative estimate of drug-likeness (QED) is 0.892. The largest absolute Gasteiger partial charge is 0.471 e. The summed E-state index contributed by atoms with van der Waals surface area (Å²) in [7, 11) is -3.74. The molecule has 19 heavy (non-hydrogen) atoms.